The Labute approximate surface area is 119 Å². The molecule has 0 bridgehead atoms. The molecule has 106 valence electrons. The van der Waals surface area contributed by atoms with E-state index in [1.165, 1.54) is 0 Å². The maximum absolute atomic E-state index is 12.0. The highest BCUT2D eigenvalue weighted by Crippen LogP contribution is 2.16. The third-order valence-corrected chi connectivity index (χ3v) is 3.80. The molecule has 0 fully saturated rings. The fraction of sp³-hybridized carbons (Fsp3) is 0.500. The average Bonchev–Trinajstić information content (AvgIpc) is 2.38. The van der Waals surface area contributed by atoms with Crippen LogP contribution >= 0.6 is 11.8 Å². The molecule has 0 saturated carbocycles. The summed E-state index contributed by atoms with van der Waals surface area (Å²) in [7, 11) is 1.98. The van der Waals surface area contributed by atoms with E-state index in [9.17, 15) is 4.79 Å². The zero-order valence-corrected chi connectivity index (χ0v) is 12.7. The van der Waals surface area contributed by atoms with Gasteiger partial charge in [-0.15, -0.1) is 0 Å². The maximum Gasteiger partial charge on any atom is 0.238 e. The van der Waals surface area contributed by atoms with E-state index in [0.29, 0.717) is 24.0 Å². The first kappa shape index (κ1) is 15.9. The van der Waals surface area contributed by atoms with Gasteiger partial charge < -0.3 is 11.1 Å². The van der Waals surface area contributed by atoms with Gasteiger partial charge in [-0.2, -0.15) is 11.8 Å². The van der Waals surface area contributed by atoms with Gasteiger partial charge in [0.25, 0.3) is 0 Å². The van der Waals surface area contributed by atoms with E-state index in [-0.39, 0.29) is 5.91 Å². The van der Waals surface area contributed by atoms with Crippen LogP contribution in [-0.4, -0.2) is 42.4 Å². The first-order chi connectivity index (χ1) is 9.08. The minimum atomic E-state index is -0.0278. The molecule has 1 amide bonds. The number of benzene rings is 1. The smallest absolute Gasteiger partial charge is 0.238 e. The summed E-state index contributed by atoms with van der Waals surface area (Å²) in [5, 5.41) is 2.85. The normalized spacial score (nSPS) is 12.4. The summed E-state index contributed by atoms with van der Waals surface area (Å²) in [6.45, 7) is 2.53. The summed E-state index contributed by atoms with van der Waals surface area (Å²) in [6.07, 6.45) is 3.12. The third kappa shape index (κ3) is 5.12. The first-order valence-electron chi connectivity index (χ1n) is 6.42. The molecule has 3 N–H and O–H groups in total. The molecule has 4 nitrogen and oxygen atoms in total. The van der Waals surface area contributed by atoms with Gasteiger partial charge in [-0.3, -0.25) is 9.69 Å². The summed E-state index contributed by atoms with van der Waals surface area (Å²) < 4.78 is 0. The van der Waals surface area contributed by atoms with E-state index in [1.54, 1.807) is 17.8 Å². The average molecular weight is 281 g/mol. The number of para-hydroxylation sites is 2. The van der Waals surface area contributed by atoms with Crippen LogP contribution in [0.4, 0.5) is 11.4 Å². The van der Waals surface area contributed by atoms with Crippen LogP contribution in [0, 0.1) is 0 Å². The predicted molar refractivity (Wildman–Crippen MR) is 84.6 cm³/mol. The van der Waals surface area contributed by atoms with Crippen molar-refractivity contribution in [2.24, 2.45) is 0 Å². The van der Waals surface area contributed by atoms with Crippen molar-refractivity contribution in [2.75, 3.05) is 36.7 Å². The van der Waals surface area contributed by atoms with Crippen LogP contribution in [0.3, 0.4) is 0 Å². The Hall–Kier alpha value is -1.20. The van der Waals surface area contributed by atoms with Crippen molar-refractivity contribution < 1.29 is 4.79 Å². The van der Waals surface area contributed by atoms with Crippen LogP contribution in [-0.2, 0) is 4.79 Å². The minimum absolute atomic E-state index is 0.0278. The number of nitrogens with one attached hydrogen (secondary N) is 1. The van der Waals surface area contributed by atoms with E-state index in [2.05, 4.69) is 23.4 Å². The van der Waals surface area contributed by atoms with E-state index in [4.69, 9.17) is 5.73 Å². The van der Waals surface area contributed by atoms with Gasteiger partial charge in [0.05, 0.1) is 17.9 Å². The number of nitrogens with zero attached hydrogens (tertiary/aromatic N) is 1. The van der Waals surface area contributed by atoms with Gasteiger partial charge in [-0.25, -0.2) is 0 Å². The lowest BCUT2D eigenvalue weighted by atomic mass is 10.2. The van der Waals surface area contributed by atoms with Crippen LogP contribution in [0.25, 0.3) is 0 Å². The summed E-state index contributed by atoms with van der Waals surface area (Å²) in [5.74, 6) is 1.01. The lowest BCUT2D eigenvalue weighted by Crippen LogP contribution is -2.39. The molecule has 0 saturated heterocycles. The van der Waals surface area contributed by atoms with E-state index >= 15 is 0 Å². The zero-order valence-electron chi connectivity index (χ0n) is 11.8. The number of anilines is 2. The molecule has 19 heavy (non-hydrogen) atoms. The molecular formula is C14H23N3OS. The largest absolute Gasteiger partial charge is 0.397 e. The number of rotatable bonds is 7. The van der Waals surface area contributed by atoms with E-state index in [1.807, 2.05) is 25.2 Å². The number of hydrogen-bond acceptors (Lipinski definition) is 4. The van der Waals surface area contributed by atoms with Gasteiger partial charge in [0.2, 0.25) is 5.91 Å². The van der Waals surface area contributed by atoms with E-state index in [0.717, 1.165) is 12.2 Å². The highest BCUT2D eigenvalue weighted by molar-refractivity contribution is 7.98. The number of likely N-dealkylation sites (N-methyl/N-ethyl adjacent to an activating group) is 1. The molecule has 0 aliphatic rings. The Morgan fingerprint density at radius 3 is 2.74 bits per heavy atom. The summed E-state index contributed by atoms with van der Waals surface area (Å²) in [6, 6.07) is 7.73. The molecule has 5 heteroatoms. The van der Waals surface area contributed by atoms with Crippen LogP contribution < -0.4 is 11.1 Å². The molecule has 1 rings (SSSR count). The van der Waals surface area contributed by atoms with Crippen molar-refractivity contribution in [1.82, 2.24) is 4.90 Å². The maximum atomic E-state index is 12.0. The third-order valence-electron chi connectivity index (χ3n) is 3.08. The van der Waals surface area contributed by atoms with Crippen molar-refractivity contribution in [3.05, 3.63) is 24.3 Å². The second-order valence-corrected chi connectivity index (χ2v) is 5.48. The fourth-order valence-corrected chi connectivity index (χ4v) is 2.78. The molecule has 1 aromatic rings. The quantitative estimate of drug-likeness (QED) is 0.753. The van der Waals surface area contributed by atoms with Crippen LogP contribution in [0.2, 0.25) is 0 Å². The van der Waals surface area contributed by atoms with Gasteiger partial charge in [0.15, 0.2) is 0 Å². The van der Waals surface area contributed by atoms with Crippen molar-refractivity contribution in [2.45, 2.75) is 19.4 Å². The van der Waals surface area contributed by atoms with Crippen LogP contribution in [0.5, 0.6) is 0 Å². The highest BCUT2D eigenvalue weighted by atomic mass is 32.2. The van der Waals surface area contributed by atoms with Gasteiger partial charge in [-0.1, -0.05) is 19.1 Å². The molecule has 0 spiro atoms. The molecule has 1 unspecified atom stereocenters. The van der Waals surface area contributed by atoms with E-state index < -0.39 is 0 Å². The van der Waals surface area contributed by atoms with Crippen LogP contribution in [0.1, 0.15) is 13.3 Å². The molecule has 0 aromatic heterocycles. The minimum Gasteiger partial charge on any atom is -0.397 e. The standard InChI is InChI=1S/C14H23N3OS/c1-4-11(10-19-3)17(2)9-14(18)16-13-8-6-5-7-12(13)15/h5-8,11H,4,9-10,15H2,1-3H3,(H,16,18). The first-order valence-corrected chi connectivity index (χ1v) is 7.81. The van der Waals surface area contributed by atoms with Crippen LogP contribution in [0.15, 0.2) is 24.3 Å². The Kier molecular flexibility index (Phi) is 6.73. The van der Waals surface area contributed by atoms with Crippen molar-refractivity contribution >= 4 is 29.0 Å². The second kappa shape index (κ2) is 8.07. The number of carbonyl (C=O) groups is 1. The topological polar surface area (TPSA) is 58.4 Å². The van der Waals surface area contributed by atoms with Gasteiger partial charge in [0, 0.05) is 11.8 Å². The zero-order chi connectivity index (χ0) is 14.3. The number of carbonyl (C=O) groups excluding carboxylic acids is 1. The van der Waals surface area contributed by atoms with Crippen molar-refractivity contribution in [1.29, 1.82) is 0 Å². The summed E-state index contributed by atoms with van der Waals surface area (Å²) >= 11 is 1.80. The number of amides is 1. The Morgan fingerprint density at radius 1 is 1.47 bits per heavy atom. The van der Waals surface area contributed by atoms with Crippen molar-refractivity contribution in [3.63, 3.8) is 0 Å². The lowest BCUT2D eigenvalue weighted by molar-refractivity contribution is -0.117. The number of hydrogen-bond donors (Lipinski definition) is 2. The van der Waals surface area contributed by atoms with Gasteiger partial charge in [0.1, 0.15) is 0 Å². The monoisotopic (exact) mass is 281 g/mol. The molecule has 1 atom stereocenters. The van der Waals surface area contributed by atoms with Crippen molar-refractivity contribution in [3.8, 4) is 0 Å². The number of thioether (sulfide) groups is 1. The van der Waals surface area contributed by atoms with Gasteiger partial charge >= 0.3 is 0 Å². The summed E-state index contributed by atoms with van der Waals surface area (Å²) in [4.78, 5) is 14.1. The molecule has 1 aromatic carbocycles. The molecule has 0 heterocycles. The number of nitrogen functional groups attached to an aromatic ring is 1. The highest BCUT2D eigenvalue weighted by Gasteiger charge is 2.15. The second-order valence-electron chi connectivity index (χ2n) is 4.57. The Balaban J connectivity index is 2.53. The Bertz CT molecular complexity index is 411. The predicted octanol–water partition coefficient (Wildman–Crippen LogP) is 2.28. The summed E-state index contributed by atoms with van der Waals surface area (Å²) in [5.41, 5.74) is 7.07. The number of nitrogens with two attached hydrogens (primary N) is 1. The fourth-order valence-electron chi connectivity index (χ4n) is 1.91. The molecule has 0 aliphatic carbocycles. The van der Waals surface area contributed by atoms with Gasteiger partial charge in [-0.05, 0) is 31.9 Å². The molecule has 0 radical (unpaired) electrons. The Morgan fingerprint density at radius 2 is 2.16 bits per heavy atom. The lowest BCUT2D eigenvalue weighted by Gasteiger charge is -2.25. The SMILES string of the molecule is CCC(CSC)N(C)CC(=O)Nc1ccccc1N. The molecular weight excluding hydrogens is 258 g/mol. The molecule has 0 aliphatic heterocycles.